The molecule has 0 saturated heterocycles. The second kappa shape index (κ2) is 6.31. The molecule has 116 valence electrons. The molecule has 3 aromatic rings. The van der Waals surface area contributed by atoms with Crippen molar-refractivity contribution in [2.45, 2.75) is 6.42 Å². The van der Waals surface area contributed by atoms with Gasteiger partial charge in [0.05, 0.1) is 19.2 Å². The molecular weight excluding hydrogens is 294 g/mol. The maximum atomic E-state index is 11.5. The summed E-state index contributed by atoms with van der Waals surface area (Å²) in [6, 6.07) is 14.3. The summed E-state index contributed by atoms with van der Waals surface area (Å²) in [6.07, 6.45) is 0.0659. The Morgan fingerprint density at radius 3 is 2.65 bits per heavy atom. The number of nitrogens with one attached hydrogen (secondary N) is 1. The number of phenols is 1. The monoisotopic (exact) mass is 309 g/mol. The molecule has 0 aliphatic heterocycles. The number of rotatable bonds is 4. The highest BCUT2D eigenvalue weighted by Crippen LogP contribution is 2.27. The van der Waals surface area contributed by atoms with E-state index in [1.807, 2.05) is 30.3 Å². The number of benzene rings is 2. The number of ether oxygens (including phenoxy) is 1. The molecule has 0 atom stereocenters. The number of aromatic nitrogens is 2. The zero-order valence-corrected chi connectivity index (χ0v) is 12.5. The lowest BCUT2D eigenvalue weighted by atomic mass is 10.1. The van der Waals surface area contributed by atoms with Crippen molar-refractivity contribution in [1.82, 2.24) is 10.2 Å². The number of carbonyl (C=O) groups is 1. The molecule has 1 aromatic heterocycles. The van der Waals surface area contributed by atoms with Crippen LogP contribution in [0.4, 0.5) is 11.5 Å². The molecule has 0 saturated carbocycles. The van der Waals surface area contributed by atoms with E-state index < -0.39 is 0 Å². The number of carbonyl (C=O) groups excluding carboxylic acids is 1. The molecule has 2 aromatic carbocycles. The van der Waals surface area contributed by atoms with Crippen LogP contribution >= 0.6 is 0 Å². The van der Waals surface area contributed by atoms with E-state index in [9.17, 15) is 9.90 Å². The lowest BCUT2D eigenvalue weighted by Gasteiger charge is -2.10. The van der Waals surface area contributed by atoms with Crippen LogP contribution in [0, 0.1) is 0 Å². The Morgan fingerprint density at radius 2 is 1.91 bits per heavy atom. The average Bonchev–Trinajstić information content (AvgIpc) is 2.57. The topological polar surface area (TPSA) is 84.3 Å². The maximum absolute atomic E-state index is 11.5. The van der Waals surface area contributed by atoms with E-state index in [1.54, 1.807) is 18.2 Å². The largest absolute Gasteiger partial charge is 0.508 e. The van der Waals surface area contributed by atoms with E-state index >= 15 is 0 Å². The minimum atomic E-state index is -0.363. The van der Waals surface area contributed by atoms with Gasteiger partial charge in [0.1, 0.15) is 5.75 Å². The van der Waals surface area contributed by atoms with Gasteiger partial charge in [0.15, 0.2) is 5.82 Å². The Bertz CT molecular complexity index is 865. The lowest BCUT2D eigenvalue weighted by Crippen LogP contribution is -2.08. The van der Waals surface area contributed by atoms with E-state index in [0.717, 1.165) is 10.8 Å². The zero-order valence-electron chi connectivity index (χ0n) is 12.5. The molecule has 0 fully saturated rings. The standard InChI is InChI=1S/C17H15N3O3/c1-23-16(22)10-15-13-7-2-3-8-14(13)17(20-19-15)18-11-5-4-6-12(21)9-11/h2-9,21H,10H2,1H3,(H,18,20). The SMILES string of the molecule is COC(=O)Cc1nnc(Nc2cccc(O)c2)c2ccccc12. The smallest absolute Gasteiger partial charge is 0.311 e. The van der Waals surface area contributed by atoms with Gasteiger partial charge in [0.25, 0.3) is 0 Å². The van der Waals surface area contributed by atoms with Crippen molar-refractivity contribution in [1.29, 1.82) is 0 Å². The lowest BCUT2D eigenvalue weighted by molar-refractivity contribution is -0.139. The Balaban J connectivity index is 2.02. The molecule has 0 amide bonds. The molecule has 3 rings (SSSR count). The molecular formula is C17H15N3O3. The van der Waals surface area contributed by atoms with Crippen molar-refractivity contribution in [3.05, 3.63) is 54.2 Å². The van der Waals surface area contributed by atoms with Gasteiger partial charge in [-0.2, -0.15) is 5.10 Å². The van der Waals surface area contributed by atoms with Crippen molar-refractivity contribution in [3.63, 3.8) is 0 Å². The summed E-state index contributed by atoms with van der Waals surface area (Å²) in [7, 11) is 1.34. The summed E-state index contributed by atoms with van der Waals surface area (Å²) < 4.78 is 4.69. The number of fused-ring (bicyclic) bond motifs is 1. The first-order valence-electron chi connectivity index (χ1n) is 7.04. The molecule has 6 heteroatoms. The van der Waals surface area contributed by atoms with Gasteiger partial charge >= 0.3 is 5.97 Å². The van der Waals surface area contributed by atoms with Crippen molar-refractivity contribution < 1.29 is 14.6 Å². The third-order valence-electron chi connectivity index (χ3n) is 3.41. The van der Waals surface area contributed by atoms with Crippen molar-refractivity contribution >= 4 is 28.2 Å². The van der Waals surface area contributed by atoms with E-state index in [1.165, 1.54) is 7.11 Å². The normalized spacial score (nSPS) is 10.5. The molecule has 0 unspecified atom stereocenters. The number of aromatic hydroxyl groups is 1. The van der Waals surface area contributed by atoms with Gasteiger partial charge in [0, 0.05) is 22.5 Å². The van der Waals surface area contributed by atoms with Crippen LogP contribution in [-0.4, -0.2) is 28.4 Å². The highest BCUT2D eigenvalue weighted by Gasteiger charge is 2.12. The van der Waals surface area contributed by atoms with Crippen molar-refractivity contribution in [3.8, 4) is 5.75 Å². The molecule has 0 aliphatic carbocycles. The molecule has 1 heterocycles. The molecule has 6 nitrogen and oxygen atoms in total. The first-order valence-corrected chi connectivity index (χ1v) is 7.04. The maximum Gasteiger partial charge on any atom is 0.311 e. The summed E-state index contributed by atoms with van der Waals surface area (Å²) in [5.41, 5.74) is 1.26. The summed E-state index contributed by atoms with van der Waals surface area (Å²) in [4.78, 5) is 11.5. The highest BCUT2D eigenvalue weighted by atomic mass is 16.5. The second-order valence-electron chi connectivity index (χ2n) is 4.97. The van der Waals surface area contributed by atoms with Crippen LogP contribution < -0.4 is 5.32 Å². The van der Waals surface area contributed by atoms with Crippen LogP contribution in [-0.2, 0) is 16.0 Å². The minimum Gasteiger partial charge on any atom is -0.508 e. The Hall–Kier alpha value is -3.15. The van der Waals surface area contributed by atoms with Crippen molar-refractivity contribution in [2.75, 3.05) is 12.4 Å². The summed E-state index contributed by atoms with van der Waals surface area (Å²) >= 11 is 0. The van der Waals surface area contributed by atoms with Crippen molar-refractivity contribution in [2.24, 2.45) is 0 Å². The van der Waals surface area contributed by atoms with Gasteiger partial charge in [0.2, 0.25) is 0 Å². The summed E-state index contributed by atoms with van der Waals surface area (Å²) in [5, 5.41) is 22.7. The Morgan fingerprint density at radius 1 is 1.13 bits per heavy atom. The van der Waals surface area contributed by atoms with Crippen LogP contribution in [0.25, 0.3) is 10.8 Å². The number of methoxy groups -OCH3 is 1. The van der Waals surface area contributed by atoms with E-state index in [-0.39, 0.29) is 18.1 Å². The number of nitrogens with zero attached hydrogens (tertiary/aromatic N) is 2. The van der Waals surface area contributed by atoms with Gasteiger partial charge in [-0.3, -0.25) is 4.79 Å². The first kappa shape index (κ1) is 14.8. The van der Waals surface area contributed by atoms with Gasteiger partial charge < -0.3 is 15.2 Å². The van der Waals surface area contributed by atoms with E-state index in [4.69, 9.17) is 4.74 Å². The van der Waals surface area contributed by atoms with Crippen LogP contribution in [0.1, 0.15) is 5.69 Å². The van der Waals surface area contributed by atoms with Gasteiger partial charge in [-0.1, -0.05) is 30.3 Å². The quantitative estimate of drug-likeness (QED) is 0.721. The molecule has 0 aliphatic rings. The predicted molar refractivity (Wildman–Crippen MR) is 86.6 cm³/mol. The predicted octanol–water partition coefficient (Wildman–Crippen LogP) is 2.79. The first-order chi connectivity index (χ1) is 11.2. The van der Waals surface area contributed by atoms with Gasteiger partial charge in [-0.25, -0.2) is 0 Å². The Labute approximate surface area is 132 Å². The fourth-order valence-electron chi connectivity index (χ4n) is 2.31. The third-order valence-corrected chi connectivity index (χ3v) is 3.41. The fraction of sp³-hybridized carbons (Fsp3) is 0.118. The third kappa shape index (κ3) is 3.21. The number of phenolic OH excluding ortho intramolecular Hbond substituents is 1. The molecule has 0 bridgehead atoms. The average molecular weight is 309 g/mol. The summed E-state index contributed by atoms with van der Waals surface area (Å²) in [6.45, 7) is 0. The fourth-order valence-corrected chi connectivity index (χ4v) is 2.31. The van der Waals surface area contributed by atoms with Crippen LogP contribution in [0.2, 0.25) is 0 Å². The van der Waals surface area contributed by atoms with Crippen LogP contribution in [0.15, 0.2) is 48.5 Å². The number of hydrogen-bond donors (Lipinski definition) is 2. The molecule has 0 radical (unpaired) electrons. The molecule has 23 heavy (non-hydrogen) atoms. The van der Waals surface area contributed by atoms with E-state index in [0.29, 0.717) is 17.2 Å². The minimum absolute atomic E-state index is 0.0659. The Kier molecular flexibility index (Phi) is 4.05. The van der Waals surface area contributed by atoms with Gasteiger partial charge in [-0.05, 0) is 12.1 Å². The summed E-state index contributed by atoms with van der Waals surface area (Å²) in [5.74, 6) is 0.354. The highest BCUT2D eigenvalue weighted by molar-refractivity contribution is 5.95. The number of hydrogen-bond acceptors (Lipinski definition) is 6. The molecule has 2 N–H and O–H groups in total. The molecule has 0 spiro atoms. The second-order valence-corrected chi connectivity index (χ2v) is 4.97. The number of anilines is 2. The van der Waals surface area contributed by atoms with Crippen LogP contribution in [0.5, 0.6) is 5.75 Å². The van der Waals surface area contributed by atoms with Gasteiger partial charge in [-0.15, -0.1) is 5.10 Å². The van der Waals surface area contributed by atoms with Crippen LogP contribution in [0.3, 0.4) is 0 Å². The van der Waals surface area contributed by atoms with E-state index in [2.05, 4.69) is 15.5 Å². The number of esters is 1. The zero-order chi connectivity index (χ0) is 16.2.